The Balaban J connectivity index is 2.29. The predicted octanol–water partition coefficient (Wildman–Crippen LogP) is 2.06. The number of nitrogens with one attached hydrogen (secondary N) is 1. The van der Waals surface area contributed by atoms with E-state index in [1.54, 1.807) is 12.1 Å². The normalized spacial score (nSPS) is 21.2. The molecule has 1 N–H and O–H groups in total. The van der Waals surface area contributed by atoms with Crippen molar-refractivity contribution >= 4 is 5.69 Å². The lowest BCUT2D eigenvalue weighted by Gasteiger charge is -2.22. The topological polar surface area (TPSA) is 55.2 Å². The lowest BCUT2D eigenvalue weighted by Crippen LogP contribution is -2.28. The second-order valence-corrected chi connectivity index (χ2v) is 3.86. The van der Waals surface area contributed by atoms with E-state index in [4.69, 9.17) is 0 Å². The van der Waals surface area contributed by atoms with Gasteiger partial charge in [-0.05, 0) is 19.4 Å². The molecule has 1 aromatic rings. The lowest BCUT2D eigenvalue weighted by atomic mass is 9.90. The Morgan fingerprint density at radius 2 is 2.20 bits per heavy atom. The zero-order valence-electron chi connectivity index (χ0n) is 8.48. The van der Waals surface area contributed by atoms with Crippen LogP contribution in [0.5, 0.6) is 0 Å². The van der Waals surface area contributed by atoms with Gasteiger partial charge in [0.2, 0.25) is 0 Å². The number of piperidine rings is 1. The monoisotopic (exact) mass is 206 g/mol. The number of nitro benzene ring substituents is 1. The van der Waals surface area contributed by atoms with Crippen LogP contribution in [0.2, 0.25) is 0 Å². The van der Waals surface area contributed by atoms with E-state index in [0.717, 1.165) is 31.5 Å². The quantitative estimate of drug-likeness (QED) is 0.595. The van der Waals surface area contributed by atoms with Gasteiger partial charge in [-0.2, -0.15) is 0 Å². The van der Waals surface area contributed by atoms with Crippen molar-refractivity contribution in [3.8, 4) is 0 Å². The Morgan fingerprint density at radius 1 is 1.40 bits per heavy atom. The van der Waals surface area contributed by atoms with Gasteiger partial charge in [-0.3, -0.25) is 10.1 Å². The van der Waals surface area contributed by atoms with Gasteiger partial charge in [-0.15, -0.1) is 0 Å². The molecule has 1 atom stereocenters. The van der Waals surface area contributed by atoms with E-state index in [-0.39, 0.29) is 10.6 Å². The first kappa shape index (κ1) is 10.1. The number of rotatable bonds is 2. The summed E-state index contributed by atoms with van der Waals surface area (Å²) < 4.78 is 0. The molecule has 80 valence electrons. The van der Waals surface area contributed by atoms with Gasteiger partial charge < -0.3 is 5.32 Å². The minimum absolute atomic E-state index is 0.256. The van der Waals surface area contributed by atoms with Gasteiger partial charge >= 0.3 is 0 Å². The van der Waals surface area contributed by atoms with Crippen LogP contribution in [0.15, 0.2) is 24.3 Å². The summed E-state index contributed by atoms with van der Waals surface area (Å²) in [6, 6.07) is 7.05. The van der Waals surface area contributed by atoms with Crippen LogP contribution in [0.25, 0.3) is 0 Å². The van der Waals surface area contributed by atoms with Gasteiger partial charge in [0, 0.05) is 24.1 Å². The molecule has 0 amide bonds. The molecule has 0 aliphatic carbocycles. The minimum atomic E-state index is -0.288. The van der Waals surface area contributed by atoms with Crippen LogP contribution >= 0.6 is 0 Å². The van der Waals surface area contributed by atoms with E-state index in [0.29, 0.717) is 5.92 Å². The number of hydrogen-bond donors (Lipinski definition) is 1. The highest BCUT2D eigenvalue weighted by Gasteiger charge is 2.22. The van der Waals surface area contributed by atoms with Gasteiger partial charge in [0.15, 0.2) is 0 Å². The van der Waals surface area contributed by atoms with Crippen molar-refractivity contribution in [2.45, 2.75) is 18.8 Å². The molecular formula is C11H14N2O2. The molecular weight excluding hydrogens is 192 g/mol. The number of nitrogens with zero attached hydrogens (tertiary/aromatic N) is 1. The lowest BCUT2D eigenvalue weighted by molar-refractivity contribution is -0.385. The third-order valence-electron chi connectivity index (χ3n) is 2.87. The minimum Gasteiger partial charge on any atom is -0.316 e. The largest absolute Gasteiger partial charge is 0.316 e. The number of nitro groups is 1. The summed E-state index contributed by atoms with van der Waals surface area (Å²) in [6.07, 6.45) is 2.13. The maximum Gasteiger partial charge on any atom is 0.272 e. The van der Waals surface area contributed by atoms with E-state index in [1.165, 1.54) is 0 Å². The zero-order valence-corrected chi connectivity index (χ0v) is 8.48. The molecule has 2 rings (SSSR count). The fraction of sp³-hybridized carbons (Fsp3) is 0.455. The molecule has 1 aliphatic heterocycles. The van der Waals surface area contributed by atoms with Crippen LogP contribution in [0.4, 0.5) is 5.69 Å². The number of para-hydroxylation sites is 1. The van der Waals surface area contributed by atoms with Crippen LogP contribution < -0.4 is 5.32 Å². The Morgan fingerprint density at radius 3 is 2.87 bits per heavy atom. The maximum atomic E-state index is 10.8. The molecule has 1 heterocycles. The molecule has 15 heavy (non-hydrogen) atoms. The number of hydrogen-bond acceptors (Lipinski definition) is 3. The first-order chi connectivity index (χ1) is 7.29. The summed E-state index contributed by atoms with van der Waals surface area (Å²) in [5.41, 5.74) is 1.13. The van der Waals surface area contributed by atoms with Crippen molar-refractivity contribution in [3.63, 3.8) is 0 Å². The molecule has 4 heteroatoms. The summed E-state index contributed by atoms with van der Waals surface area (Å²) >= 11 is 0. The van der Waals surface area contributed by atoms with Crippen LogP contribution in [-0.2, 0) is 0 Å². The van der Waals surface area contributed by atoms with Crippen LogP contribution in [0, 0.1) is 10.1 Å². The first-order valence-corrected chi connectivity index (χ1v) is 5.23. The van der Waals surface area contributed by atoms with Gasteiger partial charge in [0.05, 0.1) is 4.92 Å². The molecule has 0 unspecified atom stereocenters. The third-order valence-corrected chi connectivity index (χ3v) is 2.87. The summed E-state index contributed by atoms with van der Waals surface area (Å²) in [4.78, 5) is 10.6. The average molecular weight is 206 g/mol. The van der Waals surface area contributed by atoms with Crippen molar-refractivity contribution in [1.82, 2.24) is 5.32 Å². The Hall–Kier alpha value is -1.42. The highest BCUT2D eigenvalue weighted by Crippen LogP contribution is 2.30. The van der Waals surface area contributed by atoms with Crippen LogP contribution in [0.1, 0.15) is 24.3 Å². The van der Waals surface area contributed by atoms with Crippen molar-refractivity contribution in [3.05, 3.63) is 39.9 Å². The van der Waals surface area contributed by atoms with E-state index < -0.39 is 0 Å². The van der Waals surface area contributed by atoms with Gasteiger partial charge in [-0.25, -0.2) is 0 Å². The highest BCUT2D eigenvalue weighted by molar-refractivity contribution is 5.42. The smallest absolute Gasteiger partial charge is 0.272 e. The van der Waals surface area contributed by atoms with E-state index >= 15 is 0 Å². The third kappa shape index (κ3) is 2.15. The van der Waals surface area contributed by atoms with Crippen molar-refractivity contribution in [2.75, 3.05) is 13.1 Å². The van der Waals surface area contributed by atoms with Gasteiger partial charge in [-0.1, -0.05) is 18.2 Å². The predicted molar refractivity (Wildman–Crippen MR) is 57.9 cm³/mol. The fourth-order valence-electron chi connectivity index (χ4n) is 2.12. The van der Waals surface area contributed by atoms with Gasteiger partial charge in [0.1, 0.15) is 0 Å². The van der Waals surface area contributed by atoms with E-state index in [1.807, 2.05) is 12.1 Å². The SMILES string of the molecule is O=[N+]([O-])c1ccccc1[C@H]1CCCNC1. The summed E-state index contributed by atoms with van der Waals surface area (Å²) in [5, 5.41) is 14.1. The maximum absolute atomic E-state index is 10.8. The molecule has 0 radical (unpaired) electrons. The van der Waals surface area contributed by atoms with Gasteiger partial charge in [0.25, 0.3) is 5.69 Å². The summed E-state index contributed by atoms with van der Waals surface area (Å²) in [5.74, 6) is 0.292. The Bertz CT molecular complexity index is 359. The molecule has 0 spiro atoms. The fourth-order valence-corrected chi connectivity index (χ4v) is 2.12. The summed E-state index contributed by atoms with van der Waals surface area (Å²) in [7, 11) is 0. The summed E-state index contributed by atoms with van der Waals surface area (Å²) in [6.45, 7) is 1.88. The molecule has 1 aliphatic rings. The average Bonchev–Trinajstić information content (AvgIpc) is 2.30. The Kier molecular flexibility index (Phi) is 2.97. The van der Waals surface area contributed by atoms with E-state index in [9.17, 15) is 10.1 Å². The van der Waals surface area contributed by atoms with Crippen molar-refractivity contribution in [1.29, 1.82) is 0 Å². The molecule has 0 saturated carbocycles. The van der Waals surface area contributed by atoms with E-state index in [2.05, 4.69) is 5.32 Å². The molecule has 0 bridgehead atoms. The molecule has 1 fully saturated rings. The number of benzene rings is 1. The molecule has 0 aromatic heterocycles. The first-order valence-electron chi connectivity index (χ1n) is 5.23. The standard InChI is InChI=1S/C11H14N2O2/c14-13(15)11-6-2-1-5-10(11)9-4-3-7-12-8-9/h1-2,5-6,9,12H,3-4,7-8H2/t9-/m0/s1. The van der Waals surface area contributed by atoms with Crippen LogP contribution in [0.3, 0.4) is 0 Å². The zero-order chi connectivity index (χ0) is 10.7. The highest BCUT2D eigenvalue weighted by atomic mass is 16.6. The molecule has 1 aromatic carbocycles. The second-order valence-electron chi connectivity index (χ2n) is 3.86. The molecule has 4 nitrogen and oxygen atoms in total. The van der Waals surface area contributed by atoms with Crippen molar-refractivity contribution < 1.29 is 4.92 Å². The molecule has 1 saturated heterocycles. The Labute approximate surface area is 88.5 Å². The van der Waals surface area contributed by atoms with Crippen molar-refractivity contribution in [2.24, 2.45) is 0 Å². The second kappa shape index (κ2) is 4.40. The van der Waals surface area contributed by atoms with Crippen LogP contribution in [-0.4, -0.2) is 18.0 Å².